The van der Waals surface area contributed by atoms with Gasteiger partial charge in [0, 0.05) is 18.0 Å². The summed E-state index contributed by atoms with van der Waals surface area (Å²) in [6, 6.07) is 20.1. The number of aliphatic carboxylic acids is 1. The first-order valence-electron chi connectivity index (χ1n) is 7.41. The predicted molar refractivity (Wildman–Crippen MR) is 92.7 cm³/mol. The van der Waals surface area contributed by atoms with Gasteiger partial charge in [-0.25, -0.2) is 4.79 Å². The number of carbonyl (C=O) groups is 1. The molecule has 0 amide bonds. The van der Waals surface area contributed by atoms with Crippen molar-refractivity contribution in [2.75, 3.05) is 0 Å². The number of para-hydroxylation sites is 1. The van der Waals surface area contributed by atoms with E-state index in [-0.39, 0.29) is 5.57 Å². The zero-order valence-electron chi connectivity index (χ0n) is 12.8. The minimum absolute atomic E-state index is 0.181. The Hall–Kier alpha value is -3.40. The summed E-state index contributed by atoms with van der Waals surface area (Å²) in [6.07, 6.45) is 4.75. The molecule has 3 rings (SSSR count). The van der Waals surface area contributed by atoms with E-state index in [1.54, 1.807) is 30.5 Å². The molecule has 0 unspecified atom stereocenters. The fourth-order valence-electron chi connectivity index (χ4n) is 2.25. The summed E-state index contributed by atoms with van der Waals surface area (Å²) in [5.74, 6) is 0.368. The number of hydrogen-bond acceptors (Lipinski definition) is 3. The molecule has 118 valence electrons. The molecular weight excluding hydrogens is 302 g/mol. The standard InChI is InChI=1S/C20H15NO3/c22-20(23)19(16-7-5-11-21-14-16)13-15-6-4-10-18(12-15)24-17-8-2-1-3-9-17/h1-14H,(H,22,23). The highest BCUT2D eigenvalue weighted by molar-refractivity contribution is 6.20. The zero-order valence-corrected chi connectivity index (χ0v) is 12.8. The molecule has 0 bridgehead atoms. The molecule has 0 saturated carbocycles. The fourth-order valence-corrected chi connectivity index (χ4v) is 2.25. The van der Waals surface area contributed by atoms with Crippen molar-refractivity contribution in [1.82, 2.24) is 4.98 Å². The number of nitrogens with zero attached hydrogens (tertiary/aromatic N) is 1. The predicted octanol–water partition coefficient (Wildman–Crippen LogP) is 4.50. The number of carboxylic acids is 1. The Bertz CT molecular complexity index is 858. The fraction of sp³-hybridized carbons (Fsp3) is 0. The topological polar surface area (TPSA) is 59.4 Å². The highest BCUT2D eigenvalue weighted by atomic mass is 16.5. The van der Waals surface area contributed by atoms with Crippen LogP contribution in [0.5, 0.6) is 11.5 Å². The number of ether oxygens (including phenoxy) is 1. The van der Waals surface area contributed by atoms with Crippen LogP contribution in [0.25, 0.3) is 11.6 Å². The van der Waals surface area contributed by atoms with Crippen LogP contribution in [0.3, 0.4) is 0 Å². The third-order valence-electron chi connectivity index (χ3n) is 3.35. The molecule has 1 aromatic heterocycles. The van der Waals surface area contributed by atoms with Crippen molar-refractivity contribution in [3.63, 3.8) is 0 Å². The largest absolute Gasteiger partial charge is 0.478 e. The molecule has 4 heteroatoms. The van der Waals surface area contributed by atoms with Crippen LogP contribution in [-0.2, 0) is 4.79 Å². The molecule has 0 spiro atoms. The first kappa shape index (κ1) is 15.5. The number of rotatable bonds is 5. The SMILES string of the molecule is O=C(O)C(=Cc1cccc(Oc2ccccc2)c1)c1cccnc1. The minimum atomic E-state index is -1.00. The number of carboxylic acid groups (broad SMARTS) is 1. The summed E-state index contributed by atoms with van der Waals surface area (Å²) in [5.41, 5.74) is 1.48. The van der Waals surface area contributed by atoms with Crippen molar-refractivity contribution < 1.29 is 14.6 Å². The first-order chi connectivity index (χ1) is 11.7. The molecule has 24 heavy (non-hydrogen) atoms. The number of aromatic nitrogens is 1. The molecule has 4 nitrogen and oxygen atoms in total. The molecule has 0 aliphatic rings. The van der Waals surface area contributed by atoms with Crippen molar-refractivity contribution in [1.29, 1.82) is 0 Å². The minimum Gasteiger partial charge on any atom is -0.478 e. The van der Waals surface area contributed by atoms with Gasteiger partial charge in [0.2, 0.25) is 0 Å². The summed E-state index contributed by atoms with van der Waals surface area (Å²) in [4.78, 5) is 15.5. The summed E-state index contributed by atoms with van der Waals surface area (Å²) in [7, 11) is 0. The van der Waals surface area contributed by atoms with Crippen LogP contribution >= 0.6 is 0 Å². The molecule has 0 radical (unpaired) electrons. The summed E-state index contributed by atoms with van der Waals surface area (Å²) >= 11 is 0. The molecule has 0 saturated heterocycles. The van der Waals surface area contributed by atoms with Crippen LogP contribution < -0.4 is 4.74 Å². The van der Waals surface area contributed by atoms with Crippen LogP contribution in [0.1, 0.15) is 11.1 Å². The van der Waals surface area contributed by atoms with E-state index < -0.39 is 5.97 Å². The van der Waals surface area contributed by atoms with Gasteiger partial charge in [-0.05, 0) is 42.0 Å². The number of benzene rings is 2. The van der Waals surface area contributed by atoms with E-state index in [0.29, 0.717) is 11.3 Å². The molecular formula is C20H15NO3. The second-order valence-electron chi connectivity index (χ2n) is 5.09. The van der Waals surface area contributed by atoms with E-state index in [9.17, 15) is 9.90 Å². The van der Waals surface area contributed by atoms with Gasteiger partial charge in [-0.3, -0.25) is 4.98 Å². The Balaban J connectivity index is 1.91. The summed E-state index contributed by atoms with van der Waals surface area (Å²) < 4.78 is 5.78. The second-order valence-corrected chi connectivity index (χ2v) is 5.09. The zero-order chi connectivity index (χ0) is 16.8. The van der Waals surface area contributed by atoms with E-state index in [1.807, 2.05) is 48.5 Å². The molecule has 0 aliphatic carbocycles. The van der Waals surface area contributed by atoms with Crippen LogP contribution in [0, 0.1) is 0 Å². The lowest BCUT2D eigenvalue weighted by Crippen LogP contribution is -2.00. The quantitative estimate of drug-likeness (QED) is 0.704. The third kappa shape index (κ3) is 3.87. The Morgan fingerprint density at radius 1 is 0.958 bits per heavy atom. The first-order valence-corrected chi connectivity index (χ1v) is 7.41. The molecule has 0 atom stereocenters. The smallest absolute Gasteiger partial charge is 0.336 e. The van der Waals surface area contributed by atoms with Gasteiger partial charge in [0.1, 0.15) is 11.5 Å². The Morgan fingerprint density at radius 3 is 2.46 bits per heavy atom. The molecule has 0 aliphatic heterocycles. The Labute approximate surface area is 139 Å². The molecule has 1 N–H and O–H groups in total. The number of pyridine rings is 1. The Morgan fingerprint density at radius 2 is 1.75 bits per heavy atom. The highest BCUT2D eigenvalue weighted by Crippen LogP contribution is 2.24. The summed E-state index contributed by atoms with van der Waals surface area (Å²) in [6.45, 7) is 0. The molecule has 1 heterocycles. The Kier molecular flexibility index (Phi) is 4.68. The van der Waals surface area contributed by atoms with E-state index in [0.717, 1.165) is 11.3 Å². The van der Waals surface area contributed by atoms with Gasteiger partial charge in [0.15, 0.2) is 0 Å². The van der Waals surface area contributed by atoms with Crippen molar-refractivity contribution in [3.05, 3.63) is 90.3 Å². The maximum Gasteiger partial charge on any atom is 0.336 e. The average Bonchev–Trinajstić information content (AvgIpc) is 2.61. The van der Waals surface area contributed by atoms with Crippen molar-refractivity contribution in [2.45, 2.75) is 0 Å². The van der Waals surface area contributed by atoms with Crippen molar-refractivity contribution >= 4 is 17.6 Å². The van der Waals surface area contributed by atoms with E-state index in [4.69, 9.17) is 4.74 Å². The van der Waals surface area contributed by atoms with Gasteiger partial charge >= 0.3 is 5.97 Å². The van der Waals surface area contributed by atoms with E-state index in [2.05, 4.69) is 4.98 Å². The van der Waals surface area contributed by atoms with Gasteiger partial charge in [0.05, 0.1) is 5.57 Å². The van der Waals surface area contributed by atoms with E-state index >= 15 is 0 Å². The lowest BCUT2D eigenvalue weighted by atomic mass is 10.0. The number of hydrogen-bond donors (Lipinski definition) is 1. The normalized spacial score (nSPS) is 11.1. The van der Waals surface area contributed by atoms with Gasteiger partial charge in [-0.2, -0.15) is 0 Å². The van der Waals surface area contributed by atoms with Gasteiger partial charge in [-0.15, -0.1) is 0 Å². The lowest BCUT2D eigenvalue weighted by molar-refractivity contribution is -0.130. The van der Waals surface area contributed by atoms with Crippen LogP contribution in [0.15, 0.2) is 79.1 Å². The van der Waals surface area contributed by atoms with Crippen molar-refractivity contribution in [2.24, 2.45) is 0 Å². The second kappa shape index (κ2) is 7.24. The van der Waals surface area contributed by atoms with Crippen LogP contribution in [0.4, 0.5) is 0 Å². The van der Waals surface area contributed by atoms with Gasteiger partial charge in [-0.1, -0.05) is 36.4 Å². The van der Waals surface area contributed by atoms with Crippen molar-refractivity contribution in [3.8, 4) is 11.5 Å². The summed E-state index contributed by atoms with van der Waals surface area (Å²) in [5, 5.41) is 9.47. The maximum atomic E-state index is 11.6. The van der Waals surface area contributed by atoms with Gasteiger partial charge < -0.3 is 9.84 Å². The molecule has 0 fully saturated rings. The van der Waals surface area contributed by atoms with Crippen LogP contribution in [0.2, 0.25) is 0 Å². The molecule has 2 aromatic carbocycles. The maximum absolute atomic E-state index is 11.6. The monoisotopic (exact) mass is 317 g/mol. The average molecular weight is 317 g/mol. The third-order valence-corrected chi connectivity index (χ3v) is 3.35. The lowest BCUT2D eigenvalue weighted by Gasteiger charge is -2.07. The van der Waals surface area contributed by atoms with Crippen LogP contribution in [-0.4, -0.2) is 16.1 Å². The van der Waals surface area contributed by atoms with E-state index in [1.165, 1.54) is 6.20 Å². The highest BCUT2D eigenvalue weighted by Gasteiger charge is 2.10. The molecule has 3 aromatic rings. The van der Waals surface area contributed by atoms with Gasteiger partial charge in [0.25, 0.3) is 0 Å².